The monoisotopic (exact) mass is 894 g/mol. The highest BCUT2D eigenvalue weighted by molar-refractivity contribution is 7.16. The molecule has 1 heterocycles. The summed E-state index contributed by atoms with van der Waals surface area (Å²) in [5, 5.41) is 5.37. The summed E-state index contributed by atoms with van der Waals surface area (Å²) in [6, 6.07) is 8.91. The molecule has 2 N–H and O–H groups in total. The Morgan fingerprint density at radius 2 is 1.10 bits per heavy atom. The molecule has 1 aromatic carbocycles. The van der Waals surface area contributed by atoms with Crippen LogP contribution in [0, 0.1) is 138 Å². The van der Waals surface area contributed by atoms with E-state index in [1.54, 1.807) is 18.2 Å². The number of thiazole rings is 1. The Morgan fingerprint density at radius 1 is 0.635 bits per heavy atom. The second-order valence-corrected chi connectivity index (χ2v) is 14.9. The molecule has 0 radical (unpaired) electrons. The van der Waals surface area contributed by atoms with Gasteiger partial charge in [0.1, 0.15) is 0 Å². The first-order chi connectivity index (χ1) is 30.9. The summed E-state index contributed by atoms with van der Waals surface area (Å²) in [4.78, 5) is 43.0. The van der Waals surface area contributed by atoms with E-state index in [-0.39, 0.29) is 56.0 Å². The number of carbonyl (C=O) groups is 3. The SMILES string of the molecule is C#CC#CC#CC#CC#CC#CC#CC#CC#CC#CC#CNC(=O)Nc1nc(-c2cccc(C(=O)CCC(=O)OCCCCCCCCCCCCCCCCCC)c2)c(C)s1.[HH].[HH].[HH].[HH].[HH].[HH].[HH].[HH].[HH].[HH].[HH].[HH].[HH].[HH].[HH].[HH].[HH].[HH].[HH].[HH].[HH].[HH]. The highest BCUT2D eigenvalue weighted by Gasteiger charge is 2.15. The van der Waals surface area contributed by atoms with Crippen molar-refractivity contribution in [2.45, 2.75) is 129 Å². The van der Waals surface area contributed by atoms with Gasteiger partial charge in [0.15, 0.2) is 10.9 Å². The number of benzene rings is 1. The van der Waals surface area contributed by atoms with E-state index in [0.717, 1.165) is 29.7 Å². The van der Waals surface area contributed by atoms with Crippen LogP contribution in [-0.2, 0) is 9.53 Å². The smallest absolute Gasteiger partial charge is 0.332 e. The van der Waals surface area contributed by atoms with Crippen molar-refractivity contribution >= 4 is 34.3 Å². The fourth-order valence-electron chi connectivity index (χ4n) is 5.64. The fraction of sp³-hybridized carbons (Fsp3) is 0.382. The average Bonchev–Trinajstić information content (AvgIpc) is 3.66. The number of anilines is 1. The van der Waals surface area contributed by atoms with Crippen molar-refractivity contribution in [1.82, 2.24) is 10.3 Å². The molecule has 8 heteroatoms. The topological polar surface area (TPSA) is 97.4 Å². The number of ketones is 1. The van der Waals surface area contributed by atoms with Gasteiger partial charge in [-0.15, -0.1) is 17.8 Å². The van der Waals surface area contributed by atoms with Gasteiger partial charge in [0.25, 0.3) is 0 Å². The fourth-order valence-corrected chi connectivity index (χ4v) is 6.47. The highest BCUT2D eigenvalue weighted by atomic mass is 32.1. The van der Waals surface area contributed by atoms with Crippen LogP contribution >= 0.6 is 11.3 Å². The van der Waals surface area contributed by atoms with Crippen molar-refractivity contribution in [2.75, 3.05) is 11.9 Å². The van der Waals surface area contributed by atoms with Gasteiger partial charge in [0.05, 0.1) is 18.7 Å². The van der Waals surface area contributed by atoms with Crippen LogP contribution < -0.4 is 10.6 Å². The number of terminal acetylenes is 1. The Hall–Kier alpha value is -7.58. The predicted molar refractivity (Wildman–Crippen MR) is 302 cm³/mol. The van der Waals surface area contributed by atoms with E-state index in [1.807, 2.05) is 13.0 Å². The molecule has 0 bridgehead atoms. The molecule has 0 saturated heterocycles. The summed E-state index contributed by atoms with van der Waals surface area (Å²) in [7, 11) is 0. The molecule has 0 atom stereocenters. The van der Waals surface area contributed by atoms with Crippen LogP contribution in [0.1, 0.15) is 169 Å². The van der Waals surface area contributed by atoms with Crippen LogP contribution in [0.25, 0.3) is 11.3 Å². The predicted octanol–water partition coefficient (Wildman–Crippen LogP) is 15.0. The molecule has 0 spiro atoms. The molecule has 0 saturated carbocycles. The first-order valence-electron chi connectivity index (χ1n) is 21.2. The number of nitrogens with one attached hydrogen (secondary N) is 2. The molecule has 2 rings (SSSR count). The molecule has 2 amide bonds. The van der Waals surface area contributed by atoms with Crippen molar-refractivity contribution in [2.24, 2.45) is 0 Å². The number of rotatable bonds is 23. The number of hydrogen-bond acceptors (Lipinski definition) is 6. The first kappa shape index (κ1) is 51.6. The molecule has 0 fully saturated rings. The van der Waals surface area contributed by atoms with Gasteiger partial charge in [-0.1, -0.05) is 121 Å². The van der Waals surface area contributed by atoms with E-state index in [2.05, 4.69) is 147 Å². The summed E-state index contributed by atoms with van der Waals surface area (Å²) in [6.07, 6.45) is 25.7. The Labute approximate surface area is 412 Å². The molecule has 7 nitrogen and oxygen atoms in total. The van der Waals surface area contributed by atoms with Crippen LogP contribution in [-0.4, -0.2) is 29.4 Å². The Balaban J connectivity index is -0.0000000980. The number of aromatic nitrogens is 1. The molecule has 0 aliphatic rings. The third-order valence-electron chi connectivity index (χ3n) is 8.73. The van der Waals surface area contributed by atoms with Gasteiger partial charge in [-0.3, -0.25) is 20.2 Å². The largest absolute Gasteiger partial charge is 0.466 e. The van der Waals surface area contributed by atoms with E-state index < -0.39 is 6.03 Å². The third kappa shape index (κ3) is 27.7. The van der Waals surface area contributed by atoms with E-state index >= 15 is 0 Å². The first-order valence-corrected chi connectivity index (χ1v) is 22.1. The number of hydrogen-bond donors (Lipinski definition) is 2. The molecular weight excluding hydrogens is 799 g/mol. The van der Waals surface area contributed by atoms with E-state index in [1.165, 1.54) is 94.8 Å². The maximum Gasteiger partial charge on any atom is 0.332 e. The number of amides is 2. The van der Waals surface area contributed by atoms with Gasteiger partial charge >= 0.3 is 12.0 Å². The number of Topliss-reactive ketones (excluding diaryl/α,β-unsaturated/α-hetero) is 1. The van der Waals surface area contributed by atoms with Crippen LogP contribution in [0.15, 0.2) is 24.3 Å². The zero-order chi connectivity index (χ0) is 45.3. The van der Waals surface area contributed by atoms with E-state index in [0.29, 0.717) is 23.0 Å². The van der Waals surface area contributed by atoms with Crippen LogP contribution in [0.2, 0.25) is 0 Å². The van der Waals surface area contributed by atoms with Crippen molar-refractivity contribution in [3.05, 3.63) is 34.7 Å². The van der Waals surface area contributed by atoms with Crippen molar-refractivity contribution in [1.29, 1.82) is 0 Å². The summed E-state index contributed by atoms with van der Waals surface area (Å²) in [5.41, 5.74) is 1.82. The van der Waals surface area contributed by atoms with E-state index in [4.69, 9.17) is 11.2 Å². The quantitative estimate of drug-likeness (QED) is 0.0381. The normalized spacial score (nSPS) is 8.59. The molecular formula is C55H95N3O4S. The maximum absolute atomic E-state index is 13.0. The minimum absolute atomic E-state index is 0. The molecule has 0 unspecified atom stereocenters. The summed E-state index contributed by atoms with van der Waals surface area (Å²) in [6.45, 7) is 4.53. The molecule has 2 aromatic rings. The van der Waals surface area contributed by atoms with Gasteiger partial charge in [0.2, 0.25) is 0 Å². The standard InChI is InChI=1S/C55H51N3O4S.22H2/c1-4-6-8-10-12-14-16-18-20-22-23-24-25-26-28-30-32-34-36-38-45-56-54(61)58-55-57-53(48(3)63-55)50-42-40-41-49(47-50)51(59)43-44-52(60)62-46-39-37-35-33-31-29-27-21-19-17-15-13-11-9-7-5-2;;;;;;;;;;;;;;;;;;;;;;/h1,40-42,47H,5,7,9,11,13,15,17,19,21,27,29,31,33,35,37,39,43-44,46H2,2-3H3,(H2,56,57,58,61);22*1H. The molecule has 360 valence electrons. The summed E-state index contributed by atoms with van der Waals surface area (Å²) in [5.74, 6) is 48.7. The van der Waals surface area contributed by atoms with Crippen molar-refractivity contribution in [3.63, 3.8) is 0 Å². The van der Waals surface area contributed by atoms with E-state index in [9.17, 15) is 14.4 Å². The maximum atomic E-state index is 13.0. The van der Waals surface area contributed by atoms with Crippen LogP contribution in [0.4, 0.5) is 9.93 Å². The number of urea groups is 1. The van der Waals surface area contributed by atoms with Crippen molar-refractivity contribution < 1.29 is 50.5 Å². The summed E-state index contributed by atoms with van der Waals surface area (Å²) < 4.78 is 5.39. The molecule has 0 aliphatic heterocycles. The Bertz CT molecular complexity index is 2610. The minimum Gasteiger partial charge on any atom is -0.466 e. The van der Waals surface area contributed by atoms with Gasteiger partial charge in [0, 0.05) is 131 Å². The van der Waals surface area contributed by atoms with Crippen LogP contribution in [0.3, 0.4) is 0 Å². The second-order valence-electron chi connectivity index (χ2n) is 13.7. The lowest BCUT2D eigenvalue weighted by Crippen LogP contribution is -2.24. The number of aryl methyl sites for hydroxylation is 1. The average molecular weight is 894 g/mol. The highest BCUT2D eigenvalue weighted by Crippen LogP contribution is 2.31. The minimum atomic E-state index is -0.593. The van der Waals surface area contributed by atoms with Gasteiger partial charge < -0.3 is 4.74 Å². The number of unbranched alkanes of at least 4 members (excludes halogenated alkanes) is 15. The zero-order valence-corrected chi connectivity index (χ0v) is 37.1. The lowest BCUT2D eigenvalue weighted by Gasteiger charge is -2.06. The zero-order valence-electron chi connectivity index (χ0n) is 36.3. The number of nitrogens with zero attached hydrogens (tertiary/aromatic N) is 1. The Kier molecular flexibility index (Phi) is 29.7. The summed E-state index contributed by atoms with van der Waals surface area (Å²) >= 11 is 1.28. The molecule has 1 aromatic heterocycles. The third-order valence-corrected chi connectivity index (χ3v) is 9.61. The number of esters is 1. The number of ether oxygens (including phenoxy) is 1. The van der Waals surface area contributed by atoms with Gasteiger partial charge in [-0.25, -0.2) is 9.78 Å². The lowest BCUT2D eigenvalue weighted by atomic mass is 10.0. The molecule has 63 heavy (non-hydrogen) atoms. The number of carbonyl (C=O) groups excluding carboxylic acids is 3. The molecule has 0 aliphatic carbocycles. The van der Waals surface area contributed by atoms with Crippen LogP contribution in [0.5, 0.6) is 0 Å². The Morgan fingerprint density at radius 3 is 1.59 bits per heavy atom. The van der Waals surface area contributed by atoms with Gasteiger partial charge in [-0.2, -0.15) is 0 Å². The lowest BCUT2D eigenvalue weighted by molar-refractivity contribution is -0.143. The van der Waals surface area contributed by atoms with Gasteiger partial charge in [-0.05, 0) is 66.8 Å². The van der Waals surface area contributed by atoms with Crippen molar-refractivity contribution in [3.8, 4) is 142 Å². The second kappa shape index (κ2) is 36.3.